The molecule has 0 bridgehead atoms. The maximum Gasteiger partial charge on any atom is -0.0292 e. The van der Waals surface area contributed by atoms with Gasteiger partial charge in [0.1, 0.15) is 0 Å². The van der Waals surface area contributed by atoms with E-state index < -0.39 is 0 Å². The molecule has 0 aliphatic heterocycles. The molecule has 0 aliphatic rings. The van der Waals surface area contributed by atoms with Crippen LogP contribution in [0.1, 0.15) is 86.0 Å². The topological polar surface area (TPSA) is 0 Å². The third-order valence-electron chi connectivity index (χ3n) is 3.70. The molecule has 18 heavy (non-hydrogen) atoms. The maximum absolute atomic E-state index is 2.34. The first kappa shape index (κ1) is 17.5. The van der Waals surface area contributed by atoms with Gasteiger partial charge in [-0.25, -0.2) is 0 Å². The first-order valence-corrected chi connectivity index (χ1v) is 7.96. The number of hydrogen-bond acceptors (Lipinski definition) is 0. The molecule has 0 aromatic carbocycles. The maximum atomic E-state index is 2.34. The minimum absolute atomic E-state index is 0.896. The second kappa shape index (κ2) is 11.6. The summed E-state index contributed by atoms with van der Waals surface area (Å²) in [5.41, 5.74) is 3.06. The summed E-state index contributed by atoms with van der Waals surface area (Å²) in [5.74, 6) is 0.896. The van der Waals surface area contributed by atoms with E-state index in [0.717, 1.165) is 5.92 Å². The van der Waals surface area contributed by atoms with Gasteiger partial charge in [-0.2, -0.15) is 0 Å². The molecule has 0 heteroatoms. The van der Waals surface area contributed by atoms with Gasteiger partial charge in [0.2, 0.25) is 0 Å². The van der Waals surface area contributed by atoms with E-state index in [9.17, 15) is 0 Å². The van der Waals surface area contributed by atoms with Gasteiger partial charge in [-0.05, 0) is 32.6 Å². The lowest BCUT2D eigenvalue weighted by atomic mass is 9.92. The van der Waals surface area contributed by atoms with Crippen LogP contribution in [0.25, 0.3) is 0 Å². The van der Waals surface area contributed by atoms with Crippen LogP contribution in [0, 0.1) is 5.92 Å². The number of rotatable bonds is 10. The highest BCUT2D eigenvalue weighted by Crippen LogP contribution is 2.21. The van der Waals surface area contributed by atoms with Gasteiger partial charge < -0.3 is 0 Å². The average molecular weight is 250 g/mol. The highest BCUT2D eigenvalue weighted by atomic mass is 14.1. The SMILES string of the molecule is CCCCCC(CC)CC(C)=CC=C(C)CCC. The average Bonchev–Trinajstić information content (AvgIpc) is 2.35. The number of allylic oxidation sites excluding steroid dienone is 4. The first-order chi connectivity index (χ1) is 8.63. The smallest absolute Gasteiger partial charge is 0.0292 e. The van der Waals surface area contributed by atoms with E-state index in [-0.39, 0.29) is 0 Å². The minimum atomic E-state index is 0.896. The quantitative estimate of drug-likeness (QED) is 0.300. The molecule has 0 spiro atoms. The summed E-state index contributed by atoms with van der Waals surface area (Å²) < 4.78 is 0. The van der Waals surface area contributed by atoms with Crippen molar-refractivity contribution in [2.45, 2.75) is 86.0 Å². The fourth-order valence-corrected chi connectivity index (χ4v) is 2.42. The summed E-state index contributed by atoms with van der Waals surface area (Å²) in [6.45, 7) is 11.4. The molecule has 0 rings (SSSR count). The van der Waals surface area contributed by atoms with E-state index in [4.69, 9.17) is 0 Å². The molecule has 1 unspecified atom stereocenters. The molecule has 0 saturated carbocycles. The molecular weight excluding hydrogens is 216 g/mol. The highest BCUT2D eigenvalue weighted by molar-refractivity contribution is 5.15. The standard InChI is InChI=1S/C18H34/c1-6-9-10-12-18(8-3)15-17(5)14-13-16(4)11-7-2/h13-14,18H,6-12,15H2,1-5H3. The van der Waals surface area contributed by atoms with E-state index >= 15 is 0 Å². The molecule has 0 aliphatic carbocycles. The summed E-state index contributed by atoms with van der Waals surface area (Å²) in [6, 6.07) is 0. The predicted octanol–water partition coefficient (Wildman–Crippen LogP) is 6.68. The van der Waals surface area contributed by atoms with Crippen molar-refractivity contribution in [1.29, 1.82) is 0 Å². The largest absolute Gasteiger partial charge is 0.0733 e. The Kier molecular flexibility index (Phi) is 11.2. The molecule has 0 N–H and O–H groups in total. The molecule has 0 saturated heterocycles. The first-order valence-electron chi connectivity index (χ1n) is 7.96. The van der Waals surface area contributed by atoms with Crippen LogP contribution in [-0.4, -0.2) is 0 Å². The van der Waals surface area contributed by atoms with Crippen molar-refractivity contribution in [2.24, 2.45) is 5.92 Å². The van der Waals surface area contributed by atoms with Gasteiger partial charge in [0.25, 0.3) is 0 Å². The van der Waals surface area contributed by atoms with Gasteiger partial charge in [0.15, 0.2) is 0 Å². The Hall–Kier alpha value is -0.520. The lowest BCUT2D eigenvalue weighted by Crippen LogP contribution is -1.99. The molecule has 0 aromatic rings. The molecular formula is C18H34. The van der Waals surface area contributed by atoms with E-state index in [2.05, 4.69) is 46.8 Å². The Morgan fingerprint density at radius 1 is 0.889 bits per heavy atom. The molecule has 0 aromatic heterocycles. The molecule has 0 fully saturated rings. The molecule has 106 valence electrons. The van der Waals surface area contributed by atoms with Gasteiger partial charge in [-0.3, -0.25) is 0 Å². The zero-order valence-corrected chi connectivity index (χ0v) is 13.4. The van der Waals surface area contributed by atoms with Crippen LogP contribution >= 0.6 is 0 Å². The van der Waals surface area contributed by atoms with Crippen LogP contribution in [0.3, 0.4) is 0 Å². The minimum Gasteiger partial charge on any atom is -0.0733 e. The van der Waals surface area contributed by atoms with Gasteiger partial charge >= 0.3 is 0 Å². The zero-order chi connectivity index (χ0) is 13.8. The second-order valence-electron chi connectivity index (χ2n) is 5.75. The monoisotopic (exact) mass is 250 g/mol. The van der Waals surface area contributed by atoms with Crippen molar-refractivity contribution in [1.82, 2.24) is 0 Å². The van der Waals surface area contributed by atoms with Crippen molar-refractivity contribution < 1.29 is 0 Å². The fourth-order valence-electron chi connectivity index (χ4n) is 2.42. The highest BCUT2D eigenvalue weighted by Gasteiger charge is 2.06. The van der Waals surface area contributed by atoms with Crippen molar-refractivity contribution in [3.05, 3.63) is 23.3 Å². The summed E-state index contributed by atoms with van der Waals surface area (Å²) in [6.07, 6.45) is 15.3. The molecule has 0 heterocycles. The van der Waals surface area contributed by atoms with Gasteiger partial charge in [0, 0.05) is 0 Å². The van der Waals surface area contributed by atoms with Crippen LogP contribution in [0.15, 0.2) is 23.3 Å². The van der Waals surface area contributed by atoms with Gasteiger partial charge in [-0.1, -0.05) is 82.6 Å². The summed E-state index contributed by atoms with van der Waals surface area (Å²) in [7, 11) is 0. The van der Waals surface area contributed by atoms with Crippen LogP contribution in [-0.2, 0) is 0 Å². The third-order valence-corrected chi connectivity index (χ3v) is 3.70. The Labute approximate surface area is 116 Å². The normalized spacial score (nSPS) is 14.9. The lowest BCUT2D eigenvalue weighted by molar-refractivity contribution is 0.441. The van der Waals surface area contributed by atoms with Crippen molar-refractivity contribution >= 4 is 0 Å². The van der Waals surface area contributed by atoms with Gasteiger partial charge in [-0.15, -0.1) is 0 Å². The van der Waals surface area contributed by atoms with E-state index in [1.807, 2.05) is 0 Å². The van der Waals surface area contributed by atoms with Gasteiger partial charge in [0.05, 0.1) is 0 Å². The Morgan fingerprint density at radius 3 is 2.11 bits per heavy atom. The van der Waals surface area contributed by atoms with Crippen LogP contribution in [0.4, 0.5) is 0 Å². The van der Waals surface area contributed by atoms with Crippen molar-refractivity contribution in [3.8, 4) is 0 Å². The van der Waals surface area contributed by atoms with Crippen LogP contribution < -0.4 is 0 Å². The second-order valence-corrected chi connectivity index (χ2v) is 5.75. The van der Waals surface area contributed by atoms with E-state index in [0.29, 0.717) is 0 Å². The number of hydrogen-bond donors (Lipinski definition) is 0. The third kappa shape index (κ3) is 9.50. The zero-order valence-electron chi connectivity index (χ0n) is 13.4. The molecule has 0 radical (unpaired) electrons. The predicted molar refractivity (Wildman–Crippen MR) is 85.0 cm³/mol. The Bertz CT molecular complexity index is 245. The van der Waals surface area contributed by atoms with Crippen molar-refractivity contribution in [2.75, 3.05) is 0 Å². The summed E-state index contributed by atoms with van der Waals surface area (Å²) in [5, 5.41) is 0. The molecule has 0 nitrogen and oxygen atoms in total. The summed E-state index contributed by atoms with van der Waals surface area (Å²) >= 11 is 0. The van der Waals surface area contributed by atoms with Crippen LogP contribution in [0.5, 0.6) is 0 Å². The number of unbranched alkanes of at least 4 members (excludes halogenated alkanes) is 2. The molecule has 1 atom stereocenters. The van der Waals surface area contributed by atoms with E-state index in [1.165, 1.54) is 56.9 Å². The fraction of sp³-hybridized carbons (Fsp3) is 0.778. The van der Waals surface area contributed by atoms with Crippen LogP contribution in [0.2, 0.25) is 0 Å². The van der Waals surface area contributed by atoms with E-state index in [1.54, 1.807) is 5.57 Å². The molecule has 0 amide bonds. The lowest BCUT2D eigenvalue weighted by Gasteiger charge is -2.14. The van der Waals surface area contributed by atoms with Crippen molar-refractivity contribution in [3.63, 3.8) is 0 Å². The Balaban J connectivity index is 4.12. The Morgan fingerprint density at radius 2 is 1.56 bits per heavy atom. The summed E-state index contributed by atoms with van der Waals surface area (Å²) in [4.78, 5) is 0.